The summed E-state index contributed by atoms with van der Waals surface area (Å²) in [5.74, 6) is 1.15. The second-order valence-electron chi connectivity index (χ2n) is 12.4. The normalized spacial score (nSPS) is 31.7. The minimum Gasteiger partial charge on any atom is -0.387 e. The molecule has 2 aliphatic heterocycles. The zero-order valence-corrected chi connectivity index (χ0v) is 23.6. The summed E-state index contributed by atoms with van der Waals surface area (Å²) in [6, 6.07) is 6.27. The highest BCUT2D eigenvalue weighted by molar-refractivity contribution is 5.81. The van der Waals surface area contributed by atoms with Crippen molar-refractivity contribution in [1.29, 1.82) is 0 Å². The number of aromatic nitrogens is 6. The van der Waals surface area contributed by atoms with Gasteiger partial charge in [0.1, 0.15) is 42.2 Å². The highest BCUT2D eigenvalue weighted by Gasteiger charge is 2.53. The molecular formula is C29H36N8O4. The van der Waals surface area contributed by atoms with E-state index in [9.17, 15) is 10.2 Å². The number of ether oxygens (including phenoxy) is 2. The first-order valence-corrected chi connectivity index (χ1v) is 14.1. The molecule has 12 nitrogen and oxygen atoms in total. The number of hydrogen-bond donors (Lipinski definition) is 4. The highest BCUT2D eigenvalue weighted by atomic mass is 16.6. The highest BCUT2D eigenvalue weighted by Crippen LogP contribution is 2.41. The van der Waals surface area contributed by atoms with Crippen LogP contribution < -0.4 is 5.73 Å². The molecule has 1 aliphatic carbocycles. The number of aromatic amines is 1. The minimum absolute atomic E-state index is 0.0711. The van der Waals surface area contributed by atoms with Crippen LogP contribution in [-0.2, 0) is 21.3 Å². The fraction of sp³-hybridized carbons (Fsp3) is 0.517. The van der Waals surface area contributed by atoms with Gasteiger partial charge in [0.15, 0.2) is 17.7 Å². The molecule has 216 valence electrons. The Morgan fingerprint density at radius 2 is 2.00 bits per heavy atom. The number of nitrogens with two attached hydrogens (primary N) is 1. The van der Waals surface area contributed by atoms with E-state index in [-0.39, 0.29) is 29.6 Å². The Kier molecular flexibility index (Phi) is 6.18. The zero-order valence-electron chi connectivity index (χ0n) is 23.6. The van der Waals surface area contributed by atoms with E-state index in [1.54, 1.807) is 10.9 Å². The summed E-state index contributed by atoms with van der Waals surface area (Å²) in [7, 11) is 0. The predicted molar refractivity (Wildman–Crippen MR) is 152 cm³/mol. The second kappa shape index (κ2) is 9.57. The third-order valence-corrected chi connectivity index (χ3v) is 8.75. The van der Waals surface area contributed by atoms with Crippen LogP contribution in [0.15, 0.2) is 42.5 Å². The SMILES string of the molecule is CC1O[C@H]2[C@@H](O)[C@H](n3cnc4c(N)ncnc43)O[C@@H]2CN1[C@H]1C/C(=C\Cc2nc3ccc(C(C)(C)C)cc3[nH]2)C1O. The van der Waals surface area contributed by atoms with E-state index in [0.29, 0.717) is 24.1 Å². The van der Waals surface area contributed by atoms with Gasteiger partial charge >= 0.3 is 0 Å². The summed E-state index contributed by atoms with van der Waals surface area (Å²) in [6.07, 6.45) is 2.93. The van der Waals surface area contributed by atoms with Crippen molar-refractivity contribution in [3.05, 3.63) is 53.9 Å². The number of fused-ring (bicyclic) bond motifs is 3. The van der Waals surface area contributed by atoms with E-state index in [1.807, 2.05) is 6.92 Å². The maximum Gasteiger partial charge on any atom is 0.167 e. The fourth-order valence-corrected chi connectivity index (χ4v) is 6.30. The van der Waals surface area contributed by atoms with Crippen LogP contribution in [0, 0.1) is 0 Å². The molecule has 0 spiro atoms. The molecule has 12 heteroatoms. The molecule has 41 heavy (non-hydrogen) atoms. The van der Waals surface area contributed by atoms with Gasteiger partial charge in [-0.2, -0.15) is 0 Å². The molecule has 4 aromatic rings. The largest absolute Gasteiger partial charge is 0.387 e. The Morgan fingerprint density at radius 3 is 2.78 bits per heavy atom. The van der Waals surface area contributed by atoms with Crippen LogP contribution in [0.3, 0.4) is 0 Å². The molecule has 0 bridgehead atoms. The molecule has 0 amide bonds. The van der Waals surface area contributed by atoms with E-state index in [2.05, 4.69) is 69.9 Å². The zero-order chi connectivity index (χ0) is 28.6. The van der Waals surface area contributed by atoms with Crippen LogP contribution in [0.2, 0.25) is 0 Å². The maximum absolute atomic E-state index is 11.1. The van der Waals surface area contributed by atoms with Gasteiger partial charge in [0.05, 0.1) is 23.5 Å². The first kappa shape index (κ1) is 26.5. The van der Waals surface area contributed by atoms with Crippen molar-refractivity contribution < 1.29 is 19.7 Å². The van der Waals surface area contributed by atoms with Crippen molar-refractivity contribution in [3.63, 3.8) is 0 Å². The van der Waals surface area contributed by atoms with Crippen molar-refractivity contribution >= 4 is 28.0 Å². The van der Waals surface area contributed by atoms with Crippen LogP contribution in [0.25, 0.3) is 22.2 Å². The molecule has 3 fully saturated rings. The lowest BCUT2D eigenvalue weighted by atomic mass is 9.80. The van der Waals surface area contributed by atoms with Gasteiger partial charge in [0, 0.05) is 19.0 Å². The van der Waals surface area contributed by atoms with E-state index in [4.69, 9.17) is 20.2 Å². The Morgan fingerprint density at radius 1 is 1.17 bits per heavy atom. The summed E-state index contributed by atoms with van der Waals surface area (Å²) in [5, 5.41) is 22.2. The number of nitrogens with one attached hydrogen (secondary N) is 1. The molecule has 1 aromatic carbocycles. The number of aliphatic hydroxyl groups is 2. The number of benzene rings is 1. The smallest absolute Gasteiger partial charge is 0.167 e. The molecule has 3 aliphatic rings. The number of rotatable bonds is 4. The summed E-state index contributed by atoms with van der Waals surface area (Å²) < 4.78 is 14.2. The van der Waals surface area contributed by atoms with Gasteiger partial charge in [-0.3, -0.25) is 9.47 Å². The third-order valence-electron chi connectivity index (χ3n) is 8.75. The van der Waals surface area contributed by atoms with Crippen molar-refractivity contribution in [1.82, 2.24) is 34.4 Å². The Bertz CT molecular complexity index is 1640. The predicted octanol–water partition coefficient (Wildman–Crippen LogP) is 2.19. The first-order chi connectivity index (χ1) is 19.6. The Hall–Kier alpha value is -3.42. The minimum atomic E-state index is -0.914. The standard InChI is InChI=1S/C29H36N8O4/c1-14-36(11-20-25(40-14)24(39)28(41-20)37-13-33-22-26(30)31-12-32-27(22)37)19-9-15(23(19)38)5-8-21-34-17-7-6-16(29(2,3)4)10-18(17)35-21/h5-7,10,12-14,19-20,23-25,28,38-39H,8-9,11H2,1-4H3,(H,34,35)(H2,30,31,32)/b15-5+/t14?,19-,20+,23?,24+,25+,28+/m0/s1. The number of hydrogen-bond acceptors (Lipinski definition) is 10. The van der Waals surface area contributed by atoms with Crippen LogP contribution in [0.4, 0.5) is 5.82 Å². The lowest BCUT2D eigenvalue weighted by Crippen LogP contribution is -2.62. The quantitative estimate of drug-likeness (QED) is 0.272. The average Bonchev–Trinajstić information content (AvgIpc) is 3.63. The average molecular weight is 561 g/mol. The molecule has 2 saturated heterocycles. The van der Waals surface area contributed by atoms with Crippen LogP contribution >= 0.6 is 0 Å². The molecule has 1 saturated carbocycles. The van der Waals surface area contributed by atoms with Crippen molar-refractivity contribution in [2.24, 2.45) is 0 Å². The van der Waals surface area contributed by atoms with E-state index in [0.717, 1.165) is 28.9 Å². The summed E-state index contributed by atoms with van der Waals surface area (Å²) in [5.41, 5.74) is 11.2. The lowest BCUT2D eigenvalue weighted by molar-refractivity contribution is -0.202. The third kappa shape index (κ3) is 4.41. The Balaban J connectivity index is 1.02. The van der Waals surface area contributed by atoms with Gasteiger partial charge in [-0.15, -0.1) is 0 Å². The van der Waals surface area contributed by atoms with Crippen molar-refractivity contribution in [2.75, 3.05) is 12.3 Å². The van der Waals surface area contributed by atoms with Crippen molar-refractivity contribution in [2.45, 2.75) is 88.9 Å². The van der Waals surface area contributed by atoms with Crippen LogP contribution in [0.5, 0.6) is 0 Å². The van der Waals surface area contributed by atoms with Gasteiger partial charge in [-0.1, -0.05) is 32.9 Å². The molecule has 7 atom stereocenters. The number of imidazole rings is 2. The topological polar surface area (TPSA) is 160 Å². The molecule has 7 rings (SSSR count). The monoisotopic (exact) mass is 560 g/mol. The number of aliphatic hydroxyl groups excluding tert-OH is 2. The molecule has 5 heterocycles. The van der Waals surface area contributed by atoms with Crippen LogP contribution in [0.1, 0.15) is 51.7 Å². The number of nitrogen functional groups attached to an aromatic ring is 1. The molecular weight excluding hydrogens is 524 g/mol. The Labute approximate surface area is 237 Å². The number of anilines is 1. The number of allylic oxidation sites excluding steroid dienone is 1. The summed E-state index contributed by atoms with van der Waals surface area (Å²) >= 11 is 0. The summed E-state index contributed by atoms with van der Waals surface area (Å²) in [4.78, 5) is 22.9. The van der Waals surface area contributed by atoms with Gasteiger partial charge < -0.3 is 30.4 Å². The van der Waals surface area contributed by atoms with E-state index >= 15 is 0 Å². The van der Waals surface area contributed by atoms with Gasteiger partial charge in [-0.25, -0.2) is 19.9 Å². The van der Waals surface area contributed by atoms with E-state index in [1.165, 1.54) is 11.9 Å². The number of nitrogens with zero attached hydrogens (tertiary/aromatic N) is 6. The molecule has 3 aromatic heterocycles. The van der Waals surface area contributed by atoms with Crippen molar-refractivity contribution in [3.8, 4) is 0 Å². The van der Waals surface area contributed by atoms with Gasteiger partial charge in [-0.05, 0) is 42.0 Å². The molecule has 0 radical (unpaired) electrons. The molecule has 2 unspecified atom stereocenters. The lowest BCUT2D eigenvalue weighted by Gasteiger charge is -2.50. The van der Waals surface area contributed by atoms with Crippen LogP contribution in [-0.4, -0.2) is 87.8 Å². The maximum atomic E-state index is 11.1. The van der Waals surface area contributed by atoms with Gasteiger partial charge in [0.2, 0.25) is 0 Å². The second-order valence-corrected chi connectivity index (χ2v) is 12.4. The van der Waals surface area contributed by atoms with E-state index < -0.39 is 24.5 Å². The van der Waals surface area contributed by atoms with Gasteiger partial charge in [0.25, 0.3) is 0 Å². The number of H-pyrrole nitrogens is 1. The summed E-state index contributed by atoms with van der Waals surface area (Å²) in [6.45, 7) is 9.08. The fourth-order valence-electron chi connectivity index (χ4n) is 6.30. The first-order valence-electron chi connectivity index (χ1n) is 14.1. The molecule has 5 N–H and O–H groups in total.